The molecule has 0 amide bonds. The number of fused-ring (bicyclic) bond motifs is 1. The third-order valence-corrected chi connectivity index (χ3v) is 3.11. The first-order valence-corrected chi connectivity index (χ1v) is 6.49. The number of rotatable bonds is 4. The molecule has 1 aromatic carbocycles. The fourth-order valence-corrected chi connectivity index (χ4v) is 2.07. The molecule has 3 nitrogen and oxygen atoms in total. The lowest BCUT2D eigenvalue weighted by atomic mass is 10.2. The molecule has 96 valence electrons. The zero-order chi connectivity index (χ0) is 13.1. The quantitative estimate of drug-likeness (QED) is 0.710. The van der Waals surface area contributed by atoms with E-state index in [9.17, 15) is 0 Å². The molecule has 0 saturated heterocycles. The number of nitrogens with zero attached hydrogens (tertiary/aromatic N) is 2. The minimum Gasteiger partial charge on any atom is -0.487 e. The summed E-state index contributed by atoms with van der Waals surface area (Å²) < 4.78 is 7.79. The normalized spacial score (nSPS) is 10.8. The molecule has 19 heavy (non-hydrogen) atoms. The zero-order valence-corrected chi connectivity index (χ0v) is 10.9. The first-order valence-electron chi connectivity index (χ1n) is 6.49. The maximum atomic E-state index is 5.79. The molecule has 0 saturated carbocycles. The number of ether oxygens (including phenoxy) is 1. The molecule has 3 rings (SSSR count). The summed E-state index contributed by atoms with van der Waals surface area (Å²) in [6.45, 7) is 2.63. The highest BCUT2D eigenvalue weighted by atomic mass is 16.5. The molecule has 0 aliphatic carbocycles. The lowest BCUT2D eigenvalue weighted by Crippen LogP contribution is -1.96. The van der Waals surface area contributed by atoms with Crippen LogP contribution in [-0.2, 0) is 13.0 Å². The van der Waals surface area contributed by atoms with Crippen molar-refractivity contribution in [2.75, 3.05) is 0 Å². The Kier molecular flexibility index (Phi) is 3.19. The van der Waals surface area contributed by atoms with Crippen molar-refractivity contribution < 1.29 is 4.74 Å². The molecule has 0 bridgehead atoms. The fraction of sp³-hybridized carbons (Fsp3) is 0.188. The second-order valence-corrected chi connectivity index (χ2v) is 4.49. The van der Waals surface area contributed by atoms with Crippen molar-refractivity contribution in [1.29, 1.82) is 0 Å². The van der Waals surface area contributed by atoms with Crippen LogP contribution in [0.4, 0.5) is 0 Å². The van der Waals surface area contributed by atoms with Gasteiger partial charge in [0.05, 0.1) is 5.69 Å². The van der Waals surface area contributed by atoms with E-state index in [0.717, 1.165) is 23.5 Å². The SMILES string of the molecule is CCc1cccc(OCc2cn3ccccc3n2)c1. The summed E-state index contributed by atoms with van der Waals surface area (Å²) in [5, 5.41) is 0. The van der Waals surface area contributed by atoms with Gasteiger partial charge < -0.3 is 9.14 Å². The number of hydrogen-bond donors (Lipinski definition) is 0. The maximum absolute atomic E-state index is 5.79. The summed E-state index contributed by atoms with van der Waals surface area (Å²) in [7, 11) is 0. The van der Waals surface area contributed by atoms with Gasteiger partial charge in [0.15, 0.2) is 0 Å². The van der Waals surface area contributed by atoms with Crippen molar-refractivity contribution in [3.05, 3.63) is 66.1 Å². The van der Waals surface area contributed by atoms with Crippen molar-refractivity contribution in [2.45, 2.75) is 20.0 Å². The van der Waals surface area contributed by atoms with Crippen LogP contribution in [-0.4, -0.2) is 9.38 Å². The summed E-state index contributed by atoms with van der Waals surface area (Å²) in [6.07, 6.45) is 5.01. The molecular weight excluding hydrogens is 236 g/mol. The summed E-state index contributed by atoms with van der Waals surface area (Å²) in [4.78, 5) is 4.51. The van der Waals surface area contributed by atoms with Gasteiger partial charge in [0, 0.05) is 12.4 Å². The molecule has 2 heterocycles. The van der Waals surface area contributed by atoms with Crippen LogP contribution in [0.25, 0.3) is 5.65 Å². The van der Waals surface area contributed by atoms with Crippen molar-refractivity contribution >= 4 is 5.65 Å². The van der Waals surface area contributed by atoms with E-state index in [2.05, 4.69) is 24.0 Å². The minimum absolute atomic E-state index is 0.495. The van der Waals surface area contributed by atoms with E-state index in [1.807, 2.05) is 47.1 Å². The van der Waals surface area contributed by atoms with Crippen molar-refractivity contribution in [3.63, 3.8) is 0 Å². The number of aryl methyl sites for hydroxylation is 1. The summed E-state index contributed by atoms with van der Waals surface area (Å²) in [5.41, 5.74) is 3.17. The molecular formula is C16H16N2O. The van der Waals surface area contributed by atoms with Gasteiger partial charge in [-0.2, -0.15) is 0 Å². The molecule has 3 aromatic rings. The predicted octanol–water partition coefficient (Wildman–Crippen LogP) is 3.48. The Morgan fingerprint density at radius 3 is 2.95 bits per heavy atom. The van der Waals surface area contributed by atoms with Gasteiger partial charge in [0.2, 0.25) is 0 Å². The highest BCUT2D eigenvalue weighted by Crippen LogP contribution is 2.15. The van der Waals surface area contributed by atoms with E-state index in [0.29, 0.717) is 6.61 Å². The van der Waals surface area contributed by atoms with E-state index in [1.54, 1.807) is 0 Å². The second kappa shape index (κ2) is 5.14. The minimum atomic E-state index is 0.495. The van der Waals surface area contributed by atoms with Crippen LogP contribution in [0.2, 0.25) is 0 Å². The molecule has 0 unspecified atom stereocenters. The average Bonchev–Trinajstić information content (AvgIpc) is 2.88. The highest BCUT2D eigenvalue weighted by Gasteiger charge is 2.02. The number of benzene rings is 1. The number of aromatic nitrogens is 2. The van der Waals surface area contributed by atoms with Crippen LogP contribution in [0.1, 0.15) is 18.2 Å². The standard InChI is InChI=1S/C16H16N2O/c1-2-13-6-5-7-15(10-13)19-12-14-11-18-9-4-3-8-16(18)17-14/h3-11H,2,12H2,1H3. The summed E-state index contributed by atoms with van der Waals surface area (Å²) >= 11 is 0. The third-order valence-electron chi connectivity index (χ3n) is 3.11. The molecule has 3 heteroatoms. The van der Waals surface area contributed by atoms with Gasteiger partial charge in [-0.1, -0.05) is 25.1 Å². The van der Waals surface area contributed by atoms with E-state index < -0.39 is 0 Å². The summed E-state index contributed by atoms with van der Waals surface area (Å²) in [5.74, 6) is 0.899. The van der Waals surface area contributed by atoms with Gasteiger partial charge in [-0.3, -0.25) is 0 Å². The Hall–Kier alpha value is -2.29. The average molecular weight is 252 g/mol. The van der Waals surface area contributed by atoms with Gasteiger partial charge >= 0.3 is 0 Å². The maximum Gasteiger partial charge on any atom is 0.137 e. The number of imidazole rings is 1. The van der Waals surface area contributed by atoms with Crippen molar-refractivity contribution in [3.8, 4) is 5.75 Å². The van der Waals surface area contributed by atoms with Crippen LogP contribution >= 0.6 is 0 Å². The number of hydrogen-bond acceptors (Lipinski definition) is 2. The molecule has 0 aliphatic heterocycles. The molecule has 0 atom stereocenters. The van der Waals surface area contributed by atoms with E-state index in [-0.39, 0.29) is 0 Å². The molecule has 0 radical (unpaired) electrons. The Bertz CT molecular complexity index is 655. The molecule has 2 aromatic heterocycles. The lowest BCUT2D eigenvalue weighted by Gasteiger charge is -2.05. The van der Waals surface area contributed by atoms with Gasteiger partial charge in [0.1, 0.15) is 18.0 Å². The van der Waals surface area contributed by atoms with Crippen LogP contribution in [0.3, 0.4) is 0 Å². The summed E-state index contributed by atoms with van der Waals surface area (Å²) in [6, 6.07) is 14.2. The van der Waals surface area contributed by atoms with E-state index >= 15 is 0 Å². The van der Waals surface area contributed by atoms with Crippen molar-refractivity contribution in [2.24, 2.45) is 0 Å². The van der Waals surface area contributed by atoms with Gasteiger partial charge in [0.25, 0.3) is 0 Å². The monoisotopic (exact) mass is 252 g/mol. The van der Waals surface area contributed by atoms with E-state index in [4.69, 9.17) is 4.74 Å². The van der Waals surface area contributed by atoms with Crippen LogP contribution in [0.15, 0.2) is 54.9 Å². The van der Waals surface area contributed by atoms with Crippen molar-refractivity contribution in [1.82, 2.24) is 9.38 Å². The van der Waals surface area contributed by atoms with Gasteiger partial charge in [-0.25, -0.2) is 4.98 Å². The van der Waals surface area contributed by atoms with Crippen LogP contribution in [0, 0.1) is 0 Å². The largest absolute Gasteiger partial charge is 0.487 e. The Morgan fingerprint density at radius 1 is 1.16 bits per heavy atom. The second-order valence-electron chi connectivity index (χ2n) is 4.49. The van der Waals surface area contributed by atoms with Crippen LogP contribution < -0.4 is 4.74 Å². The Morgan fingerprint density at radius 2 is 2.11 bits per heavy atom. The topological polar surface area (TPSA) is 26.5 Å². The van der Waals surface area contributed by atoms with Gasteiger partial charge in [-0.15, -0.1) is 0 Å². The molecule has 0 spiro atoms. The highest BCUT2D eigenvalue weighted by molar-refractivity contribution is 5.39. The van der Waals surface area contributed by atoms with Gasteiger partial charge in [-0.05, 0) is 36.2 Å². The molecule has 0 fully saturated rings. The lowest BCUT2D eigenvalue weighted by molar-refractivity contribution is 0.302. The predicted molar refractivity (Wildman–Crippen MR) is 75.3 cm³/mol. The fourth-order valence-electron chi connectivity index (χ4n) is 2.07. The zero-order valence-electron chi connectivity index (χ0n) is 10.9. The third kappa shape index (κ3) is 2.60. The number of pyridine rings is 1. The first kappa shape index (κ1) is 11.8. The van der Waals surface area contributed by atoms with E-state index in [1.165, 1.54) is 5.56 Å². The smallest absolute Gasteiger partial charge is 0.137 e. The Labute approximate surface area is 112 Å². The molecule has 0 N–H and O–H groups in total. The molecule has 0 aliphatic rings. The Balaban J connectivity index is 1.74. The van der Waals surface area contributed by atoms with Crippen LogP contribution in [0.5, 0.6) is 5.75 Å². The first-order chi connectivity index (χ1) is 9.35.